The second kappa shape index (κ2) is 7.71. The molecule has 0 radical (unpaired) electrons. The molecule has 3 heterocycles. The lowest BCUT2D eigenvalue weighted by atomic mass is 10.0. The Morgan fingerprint density at radius 1 is 1.13 bits per heavy atom. The van der Waals surface area contributed by atoms with E-state index in [-0.39, 0.29) is 17.5 Å². The van der Waals surface area contributed by atoms with Crippen molar-refractivity contribution in [3.63, 3.8) is 0 Å². The lowest BCUT2D eigenvalue weighted by Crippen LogP contribution is -2.57. The number of aromatic nitrogens is 3. The van der Waals surface area contributed by atoms with Crippen LogP contribution in [0.5, 0.6) is 0 Å². The van der Waals surface area contributed by atoms with Gasteiger partial charge >= 0.3 is 0 Å². The number of nitrogens with zero attached hydrogens (tertiary/aromatic N) is 3. The molecule has 0 aliphatic carbocycles. The number of fused-ring (bicyclic) bond motifs is 2. The average Bonchev–Trinajstić information content (AvgIpc) is 3.27. The number of amides is 1. The molecule has 2 aromatic carbocycles. The lowest BCUT2D eigenvalue weighted by molar-refractivity contribution is 0.0968. The van der Waals surface area contributed by atoms with Crippen LogP contribution in [-0.2, 0) is 0 Å². The minimum Gasteiger partial charge on any atom is -0.362 e. The third kappa shape index (κ3) is 3.26. The predicted molar refractivity (Wildman–Crippen MR) is 119 cm³/mol. The maximum Gasteiger partial charge on any atom is 0.265 e. The number of carbonyl (C=O) groups excluding carboxylic acids is 1. The van der Waals surface area contributed by atoms with E-state index in [1.54, 1.807) is 29.6 Å². The van der Waals surface area contributed by atoms with E-state index < -0.39 is 12.0 Å². The Hall–Kier alpha value is -3.94. The van der Waals surface area contributed by atoms with E-state index >= 15 is 0 Å². The van der Waals surface area contributed by atoms with E-state index in [1.165, 1.54) is 6.07 Å². The molecule has 2 atom stereocenters. The van der Waals surface area contributed by atoms with Crippen LogP contribution in [0, 0.1) is 5.82 Å². The summed E-state index contributed by atoms with van der Waals surface area (Å²) in [6.45, 7) is 2.03. The standard InChI is InChI=1S/C23H21FN6O/c1-2-16(28-21-20-18(11-12-25-21)26-13-27-20)22-29-17-10-6-9-15(24)19(17)23(31)30(22)14-7-4-3-5-8-14/h3-13,16,22,29H,2H2,1H3,(H,25,28)(H,26,27). The summed E-state index contributed by atoms with van der Waals surface area (Å²) in [4.78, 5) is 27.0. The zero-order valence-corrected chi connectivity index (χ0v) is 16.8. The van der Waals surface area contributed by atoms with Crippen molar-refractivity contribution in [3.8, 4) is 0 Å². The lowest BCUT2D eigenvalue weighted by Gasteiger charge is -2.42. The topological polar surface area (TPSA) is 85.9 Å². The summed E-state index contributed by atoms with van der Waals surface area (Å²) in [7, 11) is 0. The molecule has 0 saturated heterocycles. The first-order valence-corrected chi connectivity index (χ1v) is 10.2. The third-order valence-corrected chi connectivity index (χ3v) is 5.54. The average molecular weight is 416 g/mol. The summed E-state index contributed by atoms with van der Waals surface area (Å²) >= 11 is 0. The molecule has 7 nitrogen and oxygen atoms in total. The smallest absolute Gasteiger partial charge is 0.265 e. The van der Waals surface area contributed by atoms with Gasteiger partial charge in [-0.15, -0.1) is 0 Å². The molecule has 0 bridgehead atoms. The van der Waals surface area contributed by atoms with Crippen LogP contribution in [0.25, 0.3) is 11.0 Å². The largest absolute Gasteiger partial charge is 0.362 e. The number of hydrogen-bond acceptors (Lipinski definition) is 5. The molecule has 2 aromatic heterocycles. The molecule has 1 aliphatic heterocycles. The number of rotatable bonds is 5. The molecule has 8 heteroatoms. The van der Waals surface area contributed by atoms with Crippen molar-refractivity contribution in [1.29, 1.82) is 0 Å². The zero-order valence-electron chi connectivity index (χ0n) is 16.8. The van der Waals surface area contributed by atoms with Gasteiger partial charge in [0.2, 0.25) is 0 Å². The summed E-state index contributed by atoms with van der Waals surface area (Å²) in [5.41, 5.74) is 2.80. The first-order chi connectivity index (χ1) is 15.2. The summed E-state index contributed by atoms with van der Waals surface area (Å²) in [5, 5.41) is 6.83. The summed E-state index contributed by atoms with van der Waals surface area (Å²) in [6, 6.07) is 15.5. The van der Waals surface area contributed by atoms with E-state index in [9.17, 15) is 9.18 Å². The van der Waals surface area contributed by atoms with Gasteiger partial charge < -0.3 is 15.6 Å². The molecular formula is C23H21FN6O. The van der Waals surface area contributed by atoms with E-state index in [4.69, 9.17) is 0 Å². The molecule has 0 saturated carbocycles. The van der Waals surface area contributed by atoms with Crippen LogP contribution in [-0.4, -0.2) is 33.1 Å². The Morgan fingerprint density at radius 3 is 2.77 bits per heavy atom. The van der Waals surface area contributed by atoms with Crippen molar-refractivity contribution in [1.82, 2.24) is 15.0 Å². The fourth-order valence-electron chi connectivity index (χ4n) is 4.03. The molecule has 0 fully saturated rings. The number of hydrogen-bond donors (Lipinski definition) is 3. The molecular weight excluding hydrogens is 395 g/mol. The SMILES string of the molecule is CCC(Nc1nccc2[nH]cnc12)C1Nc2cccc(F)c2C(=O)N1c1ccccc1. The number of carbonyl (C=O) groups is 1. The highest BCUT2D eigenvalue weighted by molar-refractivity contribution is 6.12. The quantitative estimate of drug-likeness (QED) is 0.449. The molecule has 31 heavy (non-hydrogen) atoms. The highest BCUT2D eigenvalue weighted by atomic mass is 19.1. The second-order valence-electron chi connectivity index (χ2n) is 7.38. The zero-order chi connectivity index (χ0) is 21.4. The van der Waals surface area contributed by atoms with E-state index in [0.717, 1.165) is 11.0 Å². The van der Waals surface area contributed by atoms with Gasteiger partial charge in [0.05, 0.1) is 29.1 Å². The van der Waals surface area contributed by atoms with Crippen molar-refractivity contribution < 1.29 is 9.18 Å². The Balaban J connectivity index is 1.58. The Bertz CT molecular complexity index is 1240. The van der Waals surface area contributed by atoms with Crippen molar-refractivity contribution >= 4 is 34.1 Å². The Labute approximate surface area is 178 Å². The minimum absolute atomic E-state index is 0.0463. The Morgan fingerprint density at radius 2 is 1.97 bits per heavy atom. The molecule has 156 valence electrons. The third-order valence-electron chi connectivity index (χ3n) is 5.54. The first kappa shape index (κ1) is 19.0. The van der Waals surface area contributed by atoms with Gasteiger partial charge in [0, 0.05) is 11.9 Å². The number of nitrogens with one attached hydrogen (secondary N) is 3. The van der Waals surface area contributed by atoms with Crippen LogP contribution in [0.4, 0.5) is 21.6 Å². The number of anilines is 3. The highest BCUT2D eigenvalue weighted by Crippen LogP contribution is 2.33. The van der Waals surface area contributed by atoms with Crippen LogP contribution in [0.2, 0.25) is 0 Å². The molecule has 3 N–H and O–H groups in total. The number of benzene rings is 2. The van der Waals surface area contributed by atoms with Gasteiger partial charge in [-0.3, -0.25) is 9.69 Å². The highest BCUT2D eigenvalue weighted by Gasteiger charge is 2.39. The van der Waals surface area contributed by atoms with Gasteiger partial charge in [0.25, 0.3) is 5.91 Å². The molecule has 4 aromatic rings. The summed E-state index contributed by atoms with van der Waals surface area (Å²) < 4.78 is 14.6. The summed E-state index contributed by atoms with van der Waals surface area (Å²) in [6.07, 6.45) is 3.54. The van der Waals surface area contributed by atoms with Crippen LogP contribution in [0.1, 0.15) is 23.7 Å². The van der Waals surface area contributed by atoms with Crippen molar-refractivity contribution in [2.24, 2.45) is 0 Å². The number of aromatic amines is 1. The summed E-state index contributed by atoms with van der Waals surface area (Å²) in [5.74, 6) is -0.300. The van der Waals surface area contributed by atoms with Gasteiger partial charge in [-0.1, -0.05) is 31.2 Å². The van der Waals surface area contributed by atoms with Crippen molar-refractivity contribution in [2.45, 2.75) is 25.6 Å². The fourth-order valence-corrected chi connectivity index (χ4v) is 4.03. The second-order valence-corrected chi connectivity index (χ2v) is 7.38. The molecule has 0 spiro atoms. The van der Waals surface area contributed by atoms with Gasteiger partial charge in [0.1, 0.15) is 17.5 Å². The van der Waals surface area contributed by atoms with Crippen LogP contribution in [0.15, 0.2) is 67.1 Å². The molecule has 2 unspecified atom stereocenters. The normalized spacial score (nSPS) is 16.6. The molecule has 1 aliphatic rings. The van der Waals surface area contributed by atoms with E-state index in [2.05, 4.69) is 25.6 Å². The minimum atomic E-state index is -0.543. The van der Waals surface area contributed by atoms with E-state index in [0.29, 0.717) is 23.6 Å². The van der Waals surface area contributed by atoms with Crippen LogP contribution in [0.3, 0.4) is 0 Å². The fraction of sp³-hybridized carbons (Fsp3) is 0.174. The molecule has 1 amide bonds. The van der Waals surface area contributed by atoms with Gasteiger partial charge in [-0.25, -0.2) is 14.4 Å². The number of imidazole rings is 1. The Kier molecular flexibility index (Phi) is 4.74. The maximum absolute atomic E-state index is 14.6. The first-order valence-electron chi connectivity index (χ1n) is 10.2. The van der Waals surface area contributed by atoms with Gasteiger partial charge in [-0.05, 0) is 36.8 Å². The molecule has 5 rings (SSSR count). The monoisotopic (exact) mass is 416 g/mol. The van der Waals surface area contributed by atoms with E-state index in [1.807, 2.05) is 43.3 Å². The van der Waals surface area contributed by atoms with Crippen molar-refractivity contribution in [2.75, 3.05) is 15.5 Å². The predicted octanol–water partition coefficient (Wildman–Crippen LogP) is 4.39. The maximum atomic E-state index is 14.6. The van der Waals surface area contributed by atoms with Gasteiger partial charge in [-0.2, -0.15) is 0 Å². The van der Waals surface area contributed by atoms with Gasteiger partial charge in [0.15, 0.2) is 5.82 Å². The number of para-hydroxylation sites is 1. The van der Waals surface area contributed by atoms with Crippen LogP contribution >= 0.6 is 0 Å². The van der Waals surface area contributed by atoms with Crippen LogP contribution < -0.4 is 15.5 Å². The number of H-pyrrole nitrogens is 1. The number of pyridine rings is 1. The number of halogens is 1. The van der Waals surface area contributed by atoms with Crippen molar-refractivity contribution in [3.05, 3.63) is 78.5 Å².